The Morgan fingerprint density at radius 3 is 2.56 bits per heavy atom. The van der Waals surface area contributed by atoms with Crippen LogP contribution in [-0.4, -0.2) is 17.2 Å². The molecular formula is C14H17NO2S. The highest BCUT2D eigenvalue weighted by atomic mass is 32.1. The molecule has 2 aromatic rings. The molecule has 0 aliphatic heterocycles. The van der Waals surface area contributed by atoms with Crippen LogP contribution in [0, 0.1) is 0 Å². The smallest absolute Gasteiger partial charge is 0.124 e. The van der Waals surface area contributed by atoms with Gasteiger partial charge in [-0.3, -0.25) is 0 Å². The quantitative estimate of drug-likeness (QED) is 0.901. The minimum absolute atomic E-state index is 0.0173. The molecule has 4 heteroatoms. The number of thiazole rings is 1. The van der Waals surface area contributed by atoms with Crippen LogP contribution in [0.5, 0.6) is 0 Å². The molecule has 0 amide bonds. The first kappa shape index (κ1) is 13.2. The van der Waals surface area contributed by atoms with E-state index in [1.165, 1.54) is 16.9 Å². The maximum Gasteiger partial charge on any atom is 0.124 e. The number of aliphatic hydroxyl groups is 1. The molecular weight excluding hydrogens is 246 g/mol. The van der Waals surface area contributed by atoms with Crippen LogP contribution in [0.3, 0.4) is 0 Å². The standard InChI is InChI=1S/C14H17NO2S/c1-3-10-4-6-11(7-5-10)14-15-12(9-17-2)13(8-16)18-14/h4-7,16H,3,8-9H2,1-2H3. The fourth-order valence-corrected chi connectivity index (χ4v) is 2.69. The Kier molecular flexibility index (Phi) is 4.47. The Labute approximate surface area is 111 Å². The number of benzene rings is 1. The van der Waals surface area contributed by atoms with Crippen molar-refractivity contribution in [3.05, 3.63) is 40.4 Å². The highest BCUT2D eigenvalue weighted by Gasteiger charge is 2.11. The summed E-state index contributed by atoms with van der Waals surface area (Å²) in [6.07, 6.45) is 1.04. The number of methoxy groups -OCH3 is 1. The van der Waals surface area contributed by atoms with Crippen LogP contribution in [0.1, 0.15) is 23.1 Å². The number of ether oxygens (including phenoxy) is 1. The Morgan fingerprint density at radius 2 is 2.00 bits per heavy atom. The summed E-state index contributed by atoms with van der Waals surface area (Å²) in [5.41, 5.74) is 3.24. The minimum atomic E-state index is 0.0173. The van der Waals surface area contributed by atoms with E-state index in [4.69, 9.17) is 4.74 Å². The molecule has 18 heavy (non-hydrogen) atoms. The van der Waals surface area contributed by atoms with Gasteiger partial charge in [0.05, 0.1) is 23.8 Å². The zero-order chi connectivity index (χ0) is 13.0. The average Bonchev–Trinajstić information content (AvgIpc) is 2.82. The van der Waals surface area contributed by atoms with Gasteiger partial charge >= 0.3 is 0 Å². The van der Waals surface area contributed by atoms with Crippen molar-refractivity contribution in [1.29, 1.82) is 0 Å². The number of aryl methyl sites for hydroxylation is 1. The van der Waals surface area contributed by atoms with Crippen molar-refractivity contribution >= 4 is 11.3 Å². The Bertz CT molecular complexity index is 505. The number of nitrogens with zero attached hydrogens (tertiary/aromatic N) is 1. The fourth-order valence-electron chi connectivity index (χ4n) is 1.76. The lowest BCUT2D eigenvalue weighted by atomic mass is 10.1. The van der Waals surface area contributed by atoms with Crippen molar-refractivity contribution in [3.63, 3.8) is 0 Å². The van der Waals surface area contributed by atoms with E-state index in [1.807, 2.05) is 0 Å². The molecule has 0 unspecified atom stereocenters. The Hall–Kier alpha value is -1.23. The SMILES string of the molecule is CCc1ccc(-c2nc(COC)c(CO)s2)cc1. The van der Waals surface area contributed by atoms with Crippen LogP contribution in [-0.2, 0) is 24.4 Å². The molecule has 0 fully saturated rings. The van der Waals surface area contributed by atoms with E-state index < -0.39 is 0 Å². The molecule has 0 spiro atoms. The van der Waals surface area contributed by atoms with Gasteiger partial charge in [-0.2, -0.15) is 0 Å². The van der Waals surface area contributed by atoms with E-state index >= 15 is 0 Å². The molecule has 1 N–H and O–H groups in total. The highest BCUT2D eigenvalue weighted by molar-refractivity contribution is 7.15. The molecule has 0 bridgehead atoms. The molecule has 0 aliphatic carbocycles. The Morgan fingerprint density at radius 1 is 1.28 bits per heavy atom. The lowest BCUT2D eigenvalue weighted by Gasteiger charge is -1.98. The molecule has 1 aromatic heterocycles. The highest BCUT2D eigenvalue weighted by Crippen LogP contribution is 2.28. The third kappa shape index (κ3) is 2.77. The van der Waals surface area contributed by atoms with Crippen molar-refractivity contribution in [2.24, 2.45) is 0 Å². The summed E-state index contributed by atoms with van der Waals surface area (Å²) in [4.78, 5) is 5.41. The molecule has 0 radical (unpaired) electrons. The second-order valence-electron chi connectivity index (χ2n) is 4.03. The third-order valence-electron chi connectivity index (χ3n) is 2.81. The molecule has 0 atom stereocenters. The van der Waals surface area contributed by atoms with E-state index in [0.29, 0.717) is 6.61 Å². The predicted molar refractivity (Wildman–Crippen MR) is 73.6 cm³/mol. The van der Waals surface area contributed by atoms with Crippen LogP contribution in [0.2, 0.25) is 0 Å². The van der Waals surface area contributed by atoms with Crippen molar-refractivity contribution < 1.29 is 9.84 Å². The third-order valence-corrected chi connectivity index (χ3v) is 3.94. The van der Waals surface area contributed by atoms with Gasteiger partial charge in [-0.25, -0.2) is 4.98 Å². The van der Waals surface area contributed by atoms with Gasteiger partial charge in [0, 0.05) is 12.7 Å². The van der Waals surface area contributed by atoms with Crippen molar-refractivity contribution in [2.75, 3.05) is 7.11 Å². The molecule has 96 valence electrons. The summed E-state index contributed by atoms with van der Waals surface area (Å²) in [5, 5.41) is 10.2. The zero-order valence-corrected chi connectivity index (χ0v) is 11.5. The lowest BCUT2D eigenvalue weighted by molar-refractivity contribution is 0.179. The number of aliphatic hydroxyl groups excluding tert-OH is 1. The summed E-state index contributed by atoms with van der Waals surface area (Å²) in [6, 6.07) is 8.39. The summed E-state index contributed by atoms with van der Waals surface area (Å²) in [7, 11) is 1.64. The lowest BCUT2D eigenvalue weighted by Crippen LogP contribution is -1.92. The van der Waals surface area contributed by atoms with Crippen LogP contribution >= 0.6 is 11.3 Å². The minimum Gasteiger partial charge on any atom is -0.391 e. The van der Waals surface area contributed by atoms with Gasteiger partial charge in [0.25, 0.3) is 0 Å². The van der Waals surface area contributed by atoms with Crippen LogP contribution < -0.4 is 0 Å². The largest absolute Gasteiger partial charge is 0.391 e. The summed E-state index contributed by atoms with van der Waals surface area (Å²) < 4.78 is 5.09. The number of hydrogen-bond donors (Lipinski definition) is 1. The zero-order valence-electron chi connectivity index (χ0n) is 10.6. The van der Waals surface area contributed by atoms with Crippen molar-refractivity contribution in [2.45, 2.75) is 26.6 Å². The van der Waals surface area contributed by atoms with Crippen LogP contribution in [0.4, 0.5) is 0 Å². The summed E-state index contributed by atoms with van der Waals surface area (Å²) in [6.45, 7) is 2.60. The van der Waals surface area contributed by atoms with Crippen LogP contribution in [0.25, 0.3) is 10.6 Å². The van der Waals surface area contributed by atoms with E-state index in [-0.39, 0.29) is 6.61 Å². The predicted octanol–water partition coefficient (Wildman–Crippen LogP) is 3.01. The van der Waals surface area contributed by atoms with Gasteiger partial charge in [-0.05, 0) is 12.0 Å². The fraction of sp³-hybridized carbons (Fsp3) is 0.357. The van der Waals surface area contributed by atoms with E-state index in [9.17, 15) is 5.11 Å². The molecule has 1 heterocycles. The topological polar surface area (TPSA) is 42.4 Å². The van der Waals surface area contributed by atoms with Gasteiger partial charge in [-0.15, -0.1) is 11.3 Å². The monoisotopic (exact) mass is 263 g/mol. The number of aromatic nitrogens is 1. The van der Waals surface area contributed by atoms with Gasteiger partial charge in [-0.1, -0.05) is 31.2 Å². The Balaban J connectivity index is 2.31. The molecule has 2 rings (SSSR count). The average molecular weight is 263 g/mol. The van der Waals surface area contributed by atoms with E-state index in [0.717, 1.165) is 27.6 Å². The number of hydrogen-bond acceptors (Lipinski definition) is 4. The first-order valence-corrected chi connectivity index (χ1v) is 6.77. The summed E-state index contributed by atoms with van der Waals surface area (Å²) in [5.74, 6) is 0. The van der Waals surface area contributed by atoms with Crippen molar-refractivity contribution in [3.8, 4) is 10.6 Å². The maximum absolute atomic E-state index is 9.30. The second-order valence-corrected chi connectivity index (χ2v) is 5.11. The van der Waals surface area contributed by atoms with Gasteiger partial charge in [0.15, 0.2) is 0 Å². The van der Waals surface area contributed by atoms with E-state index in [1.54, 1.807) is 7.11 Å². The first-order valence-electron chi connectivity index (χ1n) is 5.96. The van der Waals surface area contributed by atoms with Gasteiger partial charge in [0.1, 0.15) is 5.01 Å². The molecule has 0 saturated heterocycles. The maximum atomic E-state index is 9.30. The molecule has 3 nitrogen and oxygen atoms in total. The molecule has 0 aliphatic rings. The normalized spacial score (nSPS) is 10.8. The molecule has 0 saturated carbocycles. The number of rotatable bonds is 5. The van der Waals surface area contributed by atoms with Gasteiger partial charge < -0.3 is 9.84 Å². The summed E-state index contributed by atoms with van der Waals surface area (Å²) >= 11 is 1.52. The van der Waals surface area contributed by atoms with E-state index in [2.05, 4.69) is 36.2 Å². The molecule has 1 aromatic carbocycles. The van der Waals surface area contributed by atoms with Crippen LogP contribution in [0.15, 0.2) is 24.3 Å². The first-order chi connectivity index (χ1) is 8.78. The van der Waals surface area contributed by atoms with Crippen molar-refractivity contribution in [1.82, 2.24) is 4.98 Å². The van der Waals surface area contributed by atoms with Gasteiger partial charge in [0.2, 0.25) is 0 Å². The second kappa shape index (κ2) is 6.09.